The average Bonchev–Trinajstić information content (AvgIpc) is 2.30. The molecule has 4 nitrogen and oxygen atoms in total. The Kier molecular flexibility index (Phi) is 6.73. The van der Waals surface area contributed by atoms with Gasteiger partial charge in [0, 0.05) is 7.05 Å². The van der Waals surface area contributed by atoms with Crippen LogP contribution in [0.2, 0.25) is 0 Å². The Hall–Kier alpha value is -1.26. The Balaban J connectivity index is 0.00000289. The molecule has 0 aliphatic carbocycles. The molecule has 18 heavy (non-hydrogen) atoms. The Morgan fingerprint density at radius 3 is 2.50 bits per heavy atom. The Bertz CT molecular complexity index is 408. The monoisotopic (exact) mass is 272 g/mol. The van der Waals surface area contributed by atoms with E-state index < -0.39 is 6.09 Å². The third kappa shape index (κ3) is 4.20. The van der Waals surface area contributed by atoms with Gasteiger partial charge in [-0.15, -0.1) is 0 Å². The minimum Gasteiger partial charge on any atom is -1.00 e. The van der Waals surface area contributed by atoms with Crippen molar-refractivity contribution in [1.29, 1.82) is 0 Å². The van der Waals surface area contributed by atoms with E-state index in [0.717, 1.165) is 11.1 Å². The molecule has 1 rings (SSSR count). The molecular formula is C13H21ClN2O2. The van der Waals surface area contributed by atoms with Gasteiger partial charge in [0.2, 0.25) is 0 Å². The van der Waals surface area contributed by atoms with Crippen LogP contribution in [0.15, 0.2) is 18.2 Å². The highest BCUT2D eigenvalue weighted by atomic mass is 35.5. The molecule has 1 atom stereocenters. The molecule has 1 unspecified atom stereocenters. The van der Waals surface area contributed by atoms with Crippen molar-refractivity contribution in [3.05, 3.63) is 29.3 Å². The first-order chi connectivity index (χ1) is 7.95. The number of halogens is 1. The Labute approximate surface area is 115 Å². The summed E-state index contributed by atoms with van der Waals surface area (Å²) in [5.41, 5.74) is 2.21. The second-order valence-electron chi connectivity index (χ2n) is 4.48. The quantitative estimate of drug-likeness (QED) is 0.664. The largest absolute Gasteiger partial charge is 1.00 e. The second-order valence-corrected chi connectivity index (χ2v) is 4.48. The highest BCUT2D eigenvalue weighted by Gasteiger charge is 2.18. The summed E-state index contributed by atoms with van der Waals surface area (Å²) in [6.07, 6.45) is -0.434. The van der Waals surface area contributed by atoms with Gasteiger partial charge in [0.1, 0.15) is 11.8 Å². The van der Waals surface area contributed by atoms with Crippen molar-refractivity contribution in [2.45, 2.75) is 19.9 Å². The lowest BCUT2D eigenvalue weighted by molar-refractivity contribution is -0.890. The zero-order valence-corrected chi connectivity index (χ0v) is 12.3. The normalized spacial score (nSPS) is 11.7. The zero-order valence-electron chi connectivity index (χ0n) is 11.5. The number of nitrogens with one attached hydrogen (secondary N) is 2. The maximum absolute atomic E-state index is 11.3. The molecule has 1 aromatic rings. The zero-order chi connectivity index (χ0) is 13.0. The molecule has 102 valence electrons. The molecule has 5 heteroatoms. The molecule has 0 bridgehead atoms. The summed E-state index contributed by atoms with van der Waals surface area (Å²) in [5, 5.41) is 2.46. The van der Waals surface area contributed by atoms with Gasteiger partial charge in [-0.3, -0.25) is 0 Å². The first-order valence-electron chi connectivity index (χ1n) is 5.76. The van der Waals surface area contributed by atoms with Crippen molar-refractivity contribution >= 4 is 6.09 Å². The molecule has 0 aliphatic heterocycles. The molecule has 0 saturated carbocycles. The lowest BCUT2D eigenvalue weighted by atomic mass is 10.0. The van der Waals surface area contributed by atoms with E-state index in [1.807, 2.05) is 19.1 Å². The number of benzene rings is 1. The standard InChI is InChI=1S/C13H20N2O2.ClH/c1-9-6-7-12(17-13(16)14-3)11(8-9)10(2)15(4)5;/h6-8,10H,1-5H3,(H,14,16);1H. The van der Waals surface area contributed by atoms with Gasteiger partial charge in [0.15, 0.2) is 0 Å². The van der Waals surface area contributed by atoms with Crippen molar-refractivity contribution in [1.82, 2.24) is 5.32 Å². The first-order valence-corrected chi connectivity index (χ1v) is 5.76. The van der Waals surface area contributed by atoms with Gasteiger partial charge in [0.05, 0.1) is 19.7 Å². The van der Waals surface area contributed by atoms with Gasteiger partial charge in [-0.05, 0) is 26.0 Å². The van der Waals surface area contributed by atoms with E-state index in [9.17, 15) is 4.79 Å². The molecule has 0 spiro atoms. The van der Waals surface area contributed by atoms with E-state index in [-0.39, 0.29) is 18.4 Å². The summed E-state index contributed by atoms with van der Waals surface area (Å²) < 4.78 is 5.26. The van der Waals surface area contributed by atoms with Crippen molar-refractivity contribution in [2.75, 3.05) is 21.1 Å². The van der Waals surface area contributed by atoms with Crippen molar-refractivity contribution in [2.24, 2.45) is 0 Å². The number of carbonyl (C=O) groups excluding carboxylic acids is 1. The molecule has 0 saturated heterocycles. The van der Waals surface area contributed by atoms with Crippen LogP contribution in [-0.2, 0) is 0 Å². The summed E-state index contributed by atoms with van der Waals surface area (Å²) in [6, 6.07) is 6.13. The molecule has 0 aliphatic rings. The third-order valence-corrected chi connectivity index (χ3v) is 2.90. The van der Waals surface area contributed by atoms with Crippen molar-refractivity contribution in [3.63, 3.8) is 0 Å². The Morgan fingerprint density at radius 1 is 1.39 bits per heavy atom. The van der Waals surface area contributed by atoms with Crippen LogP contribution in [0.1, 0.15) is 24.1 Å². The van der Waals surface area contributed by atoms with Gasteiger partial charge in [-0.2, -0.15) is 0 Å². The van der Waals surface area contributed by atoms with Crippen LogP contribution in [0.3, 0.4) is 0 Å². The third-order valence-electron chi connectivity index (χ3n) is 2.90. The fraction of sp³-hybridized carbons (Fsp3) is 0.462. The fourth-order valence-corrected chi connectivity index (χ4v) is 1.56. The average molecular weight is 273 g/mol. The van der Waals surface area contributed by atoms with E-state index in [1.54, 1.807) is 7.05 Å². The molecule has 1 amide bonds. The highest BCUT2D eigenvalue weighted by Crippen LogP contribution is 2.24. The van der Waals surface area contributed by atoms with E-state index >= 15 is 0 Å². The minimum atomic E-state index is -0.434. The van der Waals surface area contributed by atoms with E-state index in [2.05, 4.69) is 32.4 Å². The van der Waals surface area contributed by atoms with Crippen LogP contribution < -0.4 is 27.4 Å². The summed E-state index contributed by atoms with van der Waals surface area (Å²) in [5.74, 6) is 0.628. The van der Waals surface area contributed by atoms with Gasteiger partial charge < -0.3 is 27.4 Å². The molecule has 0 heterocycles. The van der Waals surface area contributed by atoms with Gasteiger partial charge in [-0.1, -0.05) is 11.6 Å². The maximum Gasteiger partial charge on any atom is 0.412 e. The number of carbonyl (C=O) groups is 1. The molecule has 0 fully saturated rings. The van der Waals surface area contributed by atoms with Crippen molar-refractivity contribution < 1.29 is 26.8 Å². The molecule has 0 radical (unpaired) electrons. The van der Waals surface area contributed by atoms with Crippen LogP contribution >= 0.6 is 0 Å². The number of ether oxygens (including phenoxy) is 1. The van der Waals surface area contributed by atoms with Crippen LogP contribution in [0.4, 0.5) is 4.79 Å². The van der Waals surface area contributed by atoms with E-state index in [1.165, 1.54) is 4.90 Å². The number of hydrogen-bond donors (Lipinski definition) is 2. The van der Waals surface area contributed by atoms with E-state index in [4.69, 9.17) is 4.74 Å². The van der Waals surface area contributed by atoms with E-state index in [0.29, 0.717) is 5.75 Å². The van der Waals surface area contributed by atoms with Gasteiger partial charge in [0.25, 0.3) is 0 Å². The summed E-state index contributed by atoms with van der Waals surface area (Å²) in [7, 11) is 5.71. The molecule has 2 N–H and O–H groups in total. The van der Waals surface area contributed by atoms with Crippen molar-refractivity contribution in [3.8, 4) is 5.75 Å². The number of rotatable bonds is 3. The number of amides is 1. The van der Waals surface area contributed by atoms with Gasteiger partial charge in [-0.25, -0.2) is 4.79 Å². The van der Waals surface area contributed by atoms with Gasteiger partial charge >= 0.3 is 6.09 Å². The smallest absolute Gasteiger partial charge is 0.412 e. The predicted octanol–water partition coefficient (Wildman–Crippen LogP) is -2.08. The summed E-state index contributed by atoms with van der Waals surface area (Å²) in [4.78, 5) is 12.6. The maximum atomic E-state index is 11.3. The minimum absolute atomic E-state index is 0. The lowest BCUT2D eigenvalue weighted by Gasteiger charge is -2.20. The number of aryl methyl sites for hydroxylation is 1. The topological polar surface area (TPSA) is 42.8 Å². The molecule has 1 aromatic carbocycles. The first kappa shape index (κ1) is 16.7. The van der Waals surface area contributed by atoms with Crippen LogP contribution in [0.25, 0.3) is 0 Å². The highest BCUT2D eigenvalue weighted by molar-refractivity contribution is 5.70. The summed E-state index contributed by atoms with van der Waals surface area (Å²) in [6.45, 7) is 4.14. The molecule has 0 aromatic heterocycles. The van der Waals surface area contributed by atoms with Crippen LogP contribution in [0.5, 0.6) is 5.75 Å². The number of hydrogen-bond acceptors (Lipinski definition) is 2. The van der Waals surface area contributed by atoms with Crippen LogP contribution in [0, 0.1) is 6.92 Å². The lowest BCUT2D eigenvalue weighted by Crippen LogP contribution is -3.05. The number of quaternary nitrogens is 1. The Morgan fingerprint density at radius 2 is 2.00 bits per heavy atom. The predicted molar refractivity (Wildman–Crippen MR) is 67.5 cm³/mol. The second kappa shape index (κ2) is 7.24. The fourth-order valence-electron chi connectivity index (χ4n) is 1.56. The van der Waals surface area contributed by atoms with Crippen LogP contribution in [-0.4, -0.2) is 27.2 Å². The SMILES string of the molecule is CNC(=O)Oc1ccc(C)cc1C(C)[NH+](C)C.[Cl-]. The molecular weight excluding hydrogens is 252 g/mol. The summed E-state index contributed by atoms with van der Waals surface area (Å²) >= 11 is 0.